The molecule has 10 atom stereocenters. The van der Waals surface area contributed by atoms with Crippen LogP contribution >= 0.6 is 0 Å². The number of hydrogen-bond donors (Lipinski definition) is 0. The number of likely N-dealkylation sites (tertiary alicyclic amines) is 2. The van der Waals surface area contributed by atoms with Crippen LogP contribution in [0.4, 0.5) is 4.79 Å². The van der Waals surface area contributed by atoms with Gasteiger partial charge in [0.1, 0.15) is 6.61 Å². The Labute approximate surface area is 258 Å². The van der Waals surface area contributed by atoms with Crippen LogP contribution in [0.1, 0.15) is 91.0 Å². The van der Waals surface area contributed by atoms with Crippen LogP contribution in [0.25, 0.3) is 0 Å². The lowest BCUT2D eigenvalue weighted by Gasteiger charge is -2.49. The van der Waals surface area contributed by atoms with E-state index >= 15 is 0 Å². The summed E-state index contributed by atoms with van der Waals surface area (Å²) in [7, 11) is 2.01. The van der Waals surface area contributed by atoms with Crippen LogP contribution in [0.3, 0.4) is 0 Å². The van der Waals surface area contributed by atoms with Gasteiger partial charge < -0.3 is 19.3 Å². The number of piperidine rings is 1. The molecule has 5 fully saturated rings. The fourth-order valence-electron chi connectivity index (χ4n) is 11.0. The molecule has 0 aromatic heterocycles. The smallest absolute Gasteiger partial charge is 0.410 e. The van der Waals surface area contributed by atoms with Gasteiger partial charge in [-0.2, -0.15) is 0 Å². The lowest BCUT2D eigenvalue weighted by Crippen LogP contribution is -2.54. The Bertz CT molecular complexity index is 1280. The normalized spacial score (nSPS) is 42.6. The summed E-state index contributed by atoms with van der Waals surface area (Å²) in [6.07, 6.45) is 9.62. The summed E-state index contributed by atoms with van der Waals surface area (Å²) >= 11 is 0. The Morgan fingerprint density at radius 3 is 2.67 bits per heavy atom. The van der Waals surface area contributed by atoms with Gasteiger partial charge in [0.25, 0.3) is 0 Å². The summed E-state index contributed by atoms with van der Waals surface area (Å²) in [4.78, 5) is 30.3. The molecule has 3 aliphatic carbocycles. The SMILES string of the molecule is CC1=C2C[C@H]3[C@@H](CC[C@@H]4CN(C)C(=O)CC[C@@]43C)[C@@H]2CC[C@@]2(C1)O[C@@H]1C[C@H](C)CN(C(=O)OCc3ccccc3)[C@H]1[C@H]2C. The number of rotatable bonds is 2. The largest absolute Gasteiger partial charge is 0.445 e. The maximum atomic E-state index is 13.6. The third-order valence-corrected chi connectivity index (χ3v) is 13.4. The van der Waals surface area contributed by atoms with Crippen LogP contribution in [-0.4, -0.2) is 59.7 Å². The third-order valence-electron chi connectivity index (χ3n) is 13.4. The second kappa shape index (κ2) is 10.9. The molecule has 7 rings (SSSR count). The Balaban J connectivity index is 1.11. The van der Waals surface area contributed by atoms with Crippen molar-refractivity contribution < 1.29 is 19.1 Å². The fraction of sp³-hybridized carbons (Fsp3) is 0.730. The molecule has 234 valence electrons. The molecule has 3 aliphatic heterocycles. The molecule has 6 aliphatic rings. The van der Waals surface area contributed by atoms with E-state index in [2.05, 4.69) is 27.7 Å². The molecule has 2 amide bonds. The number of amides is 2. The average molecular weight is 589 g/mol. The van der Waals surface area contributed by atoms with Gasteiger partial charge in [-0.15, -0.1) is 0 Å². The van der Waals surface area contributed by atoms with Crippen molar-refractivity contribution >= 4 is 12.0 Å². The summed E-state index contributed by atoms with van der Waals surface area (Å²) in [5.41, 5.74) is 4.33. The molecule has 3 heterocycles. The first-order valence-corrected chi connectivity index (χ1v) is 17.2. The van der Waals surface area contributed by atoms with Crippen molar-refractivity contribution in [3.05, 3.63) is 47.0 Å². The number of nitrogens with zero attached hydrogens (tertiary/aromatic N) is 2. The zero-order valence-corrected chi connectivity index (χ0v) is 27.0. The quantitative estimate of drug-likeness (QED) is 0.342. The van der Waals surface area contributed by atoms with Crippen LogP contribution < -0.4 is 0 Å². The van der Waals surface area contributed by atoms with Crippen LogP contribution in [0.5, 0.6) is 0 Å². The predicted molar refractivity (Wildman–Crippen MR) is 167 cm³/mol. The van der Waals surface area contributed by atoms with Gasteiger partial charge >= 0.3 is 6.09 Å². The maximum absolute atomic E-state index is 13.6. The lowest BCUT2D eigenvalue weighted by molar-refractivity contribution is -0.129. The van der Waals surface area contributed by atoms with Gasteiger partial charge in [0, 0.05) is 32.5 Å². The van der Waals surface area contributed by atoms with E-state index in [-0.39, 0.29) is 35.2 Å². The molecule has 0 N–H and O–H groups in total. The molecule has 43 heavy (non-hydrogen) atoms. The van der Waals surface area contributed by atoms with Gasteiger partial charge in [-0.05, 0) is 98.9 Å². The molecule has 0 unspecified atom stereocenters. The average Bonchev–Trinajstić information content (AvgIpc) is 3.41. The number of carbonyl (C=O) groups excluding carboxylic acids is 2. The maximum Gasteiger partial charge on any atom is 0.410 e. The van der Waals surface area contributed by atoms with Crippen molar-refractivity contribution in [3.63, 3.8) is 0 Å². The first kappa shape index (κ1) is 29.4. The Morgan fingerprint density at radius 1 is 1.09 bits per heavy atom. The molecule has 2 saturated carbocycles. The number of benzene rings is 1. The highest BCUT2D eigenvalue weighted by Crippen LogP contribution is 2.64. The van der Waals surface area contributed by atoms with Gasteiger partial charge in [-0.1, -0.05) is 62.2 Å². The van der Waals surface area contributed by atoms with Crippen molar-refractivity contribution in [2.75, 3.05) is 20.1 Å². The van der Waals surface area contributed by atoms with Gasteiger partial charge in [0.15, 0.2) is 0 Å². The minimum atomic E-state index is -0.215. The number of ether oxygens (including phenoxy) is 2. The molecule has 6 nitrogen and oxygen atoms in total. The minimum Gasteiger partial charge on any atom is -0.445 e. The Morgan fingerprint density at radius 2 is 1.88 bits per heavy atom. The van der Waals surface area contributed by atoms with E-state index in [4.69, 9.17) is 9.47 Å². The van der Waals surface area contributed by atoms with E-state index in [1.807, 2.05) is 47.2 Å². The van der Waals surface area contributed by atoms with E-state index in [1.165, 1.54) is 25.7 Å². The zero-order chi connectivity index (χ0) is 30.1. The first-order valence-electron chi connectivity index (χ1n) is 17.2. The van der Waals surface area contributed by atoms with E-state index in [0.29, 0.717) is 42.6 Å². The molecule has 1 aromatic carbocycles. The van der Waals surface area contributed by atoms with Gasteiger partial charge in [-0.3, -0.25) is 4.79 Å². The van der Waals surface area contributed by atoms with Crippen LogP contribution in [-0.2, 0) is 20.9 Å². The molecule has 0 radical (unpaired) electrons. The standard InChI is InChI=1S/C37H52N2O4/c1-23-17-32-34(39(20-23)35(41)42-22-26-9-7-6-8-10-26)25(3)37(43-32)16-13-28-29-12-11-27-21-38(5)33(40)14-15-36(27,4)31(29)18-30(28)24(2)19-37/h6-10,23,25,27-29,31-32,34H,11-22H2,1-5H3/t23-,25+,27+,28-,29-,31-,32+,34-,36-,37-/m0/s1. The summed E-state index contributed by atoms with van der Waals surface area (Å²) in [5, 5.41) is 0. The highest BCUT2D eigenvalue weighted by Gasteiger charge is 2.60. The van der Waals surface area contributed by atoms with E-state index in [1.54, 1.807) is 11.1 Å². The van der Waals surface area contributed by atoms with Crippen LogP contribution in [0.15, 0.2) is 41.5 Å². The molecule has 1 spiro atoms. The number of allylic oxidation sites excluding steroid dienone is 1. The second-order valence-corrected chi connectivity index (χ2v) is 15.7. The fourth-order valence-corrected chi connectivity index (χ4v) is 11.0. The Kier molecular flexibility index (Phi) is 7.46. The van der Waals surface area contributed by atoms with E-state index < -0.39 is 0 Å². The van der Waals surface area contributed by atoms with Crippen molar-refractivity contribution in [2.45, 2.75) is 110 Å². The molecular weight excluding hydrogens is 536 g/mol. The van der Waals surface area contributed by atoms with Gasteiger partial charge in [0.05, 0.1) is 17.7 Å². The summed E-state index contributed by atoms with van der Waals surface area (Å²) in [6, 6.07) is 10.0. The monoisotopic (exact) mass is 588 g/mol. The third kappa shape index (κ3) is 4.85. The molecule has 1 aromatic rings. The van der Waals surface area contributed by atoms with Crippen molar-refractivity contribution in [2.24, 2.45) is 40.9 Å². The topological polar surface area (TPSA) is 59.1 Å². The van der Waals surface area contributed by atoms with Crippen molar-refractivity contribution in [1.29, 1.82) is 0 Å². The molecular formula is C37H52N2O4. The van der Waals surface area contributed by atoms with E-state index in [9.17, 15) is 9.59 Å². The number of hydrogen-bond acceptors (Lipinski definition) is 4. The molecule has 0 bridgehead atoms. The first-order chi connectivity index (χ1) is 20.6. The van der Waals surface area contributed by atoms with Crippen molar-refractivity contribution in [1.82, 2.24) is 9.80 Å². The van der Waals surface area contributed by atoms with Crippen LogP contribution in [0.2, 0.25) is 0 Å². The van der Waals surface area contributed by atoms with Crippen LogP contribution in [0, 0.1) is 40.9 Å². The Hall–Kier alpha value is -2.34. The highest BCUT2D eigenvalue weighted by atomic mass is 16.6. The molecule has 3 saturated heterocycles. The summed E-state index contributed by atoms with van der Waals surface area (Å²) < 4.78 is 13.1. The van der Waals surface area contributed by atoms with E-state index in [0.717, 1.165) is 50.3 Å². The minimum absolute atomic E-state index is 0.0674. The lowest BCUT2D eigenvalue weighted by atomic mass is 9.55. The highest BCUT2D eigenvalue weighted by molar-refractivity contribution is 5.76. The van der Waals surface area contributed by atoms with Gasteiger partial charge in [-0.25, -0.2) is 4.79 Å². The summed E-state index contributed by atoms with van der Waals surface area (Å²) in [5.74, 6) is 3.66. The zero-order valence-electron chi connectivity index (χ0n) is 27.0. The molecule has 6 heteroatoms. The van der Waals surface area contributed by atoms with Crippen molar-refractivity contribution in [3.8, 4) is 0 Å². The van der Waals surface area contributed by atoms with Gasteiger partial charge in [0.2, 0.25) is 5.91 Å². The summed E-state index contributed by atoms with van der Waals surface area (Å²) in [6.45, 7) is 11.5. The number of carbonyl (C=O) groups is 2. The number of fused-ring (bicyclic) bond motifs is 6. The predicted octanol–water partition coefficient (Wildman–Crippen LogP) is 7.23. The second-order valence-electron chi connectivity index (χ2n) is 15.7.